The highest BCUT2D eigenvalue weighted by Gasteiger charge is 2.23. The highest BCUT2D eigenvalue weighted by Crippen LogP contribution is 2.24. The Bertz CT molecular complexity index is 777. The Morgan fingerprint density at radius 1 is 1.15 bits per heavy atom. The number of amides is 1. The number of carbonyl (C=O) groups is 1. The van der Waals surface area contributed by atoms with Crippen molar-refractivity contribution in [3.63, 3.8) is 0 Å². The monoisotopic (exact) mass is 376 g/mol. The van der Waals surface area contributed by atoms with Gasteiger partial charge in [0.1, 0.15) is 5.75 Å². The van der Waals surface area contributed by atoms with Gasteiger partial charge in [-0.15, -0.1) is 0 Å². The van der Waals surface area contributed by atoms with Gasteiger partial charge in [-0.3, -0.25) is 9.69 Å². The van der Waals surface area contributed by atoms with Crippen molar-refractivity contribution in [1.82, 2.24) is 10.2 Å². The zero-order valence-corrected chi connectivity index (χ0v) is 15.1. The lowest BCUT2D eigenvalue weighted by Gasteiger charge is -2.35. The zero-order chi connectivity index (χ0) is 19.2. The molecule has 0 spiro atoms. The summed E-state index contributed by atoms with van der Waals surface area (Å²) < 4.78 is 37.1. The molecule has 0 aliphatic carbocycles. The largest absolute Gasteiger partial charge is 0.497 e. The van der Waals surface area contributed by atoms with Crippen LogP contribution in [-0.4, -0.2) is 50.8 Å². The minimum absolute atomic E-state index is 0.0611. The predicted octanol–water partition coefficient (Wildman–Crippen LogP) is 2.78. The van der Waals surface area contributed by atoms with E-state index in [1.54, 1.807) is 7.11 Å². The number of morpholine rings is 1. The van der Waals surface area contributed by atoms with Crippen LogP contribution in [0, 0.1) is 11.6 Å². The molecule has 0 aromatic heterocycles. The SMILES string of the molecule is COc1ccc([C@@H](CNC(=O)c2ccc(F)c(F)c2)N2CCOCC2)cc1. The van der Waals surface area contributed by atoms with Gasteiger partial charge in [0.2, 0.25) is 0 Å². The number of methoxy groups -OCH3 is 1. The summed E-state index contributed by atoms with van der Waals surface area (Å²) >= 11 is 0. The second-order valence-corrected chi connectivity index (χ2v) is 6.28. The van der Waals surface area contributed by atoms with E-state index in [4.69, 9.17) is 9.47 Å². The van der Waals surface area contributed by atoms with Crippen LogP contribution >= 0.6 is 0 Å². The Hall–Kier alpha value is -2.51. The second-order valence-electron chi connectivity index (χ2n) is 6.28. The molecule has 1 saturated heterocycles. The van der Waals surface area contributed by atoms with E-state index in [2.05, 4.69) is 10.2 Å². The topological polar surface area (TPSA) is 50.8 Å². The molecule has 7 heteroatoms. The summed E-state index contributed by atoms with van der Waals surface area (Å²) in [6.07, 6.45) is 0. The second kappa shape index (κ2) is 8.92. The molecule has 1 aliphatic rings. The number of halogens is 2. The van der Waals surface area contributed by atoms with Gasteiger partial charge in [-0.25, -0.2) is 8.78 Å². The molecule has 1 atom stereocenters. The fraction of sp³-hybridized carbons (Fsp3) is 0.350. The van der Waals surface area contributed by atoms with E-state index in [1.165, 1.54) is 6.07 Å². The molecule has 2 aromatic carbocycles. The fourth-order valence-electron chi connectivity index (χ4n) is 3.10. The van der Waals surface area contributed by atoms with E-state index in [-0.39, 0.29) is 11.6 Å². The first kappa shape index (κ1) is 19.3. The van der Waals surface area contributed by atoms with E-state index in [0.717, 1.165) is 36.5 Å². The third kappa shape index (κ3) is 4.81. The molecule has 0 radical (unpaired) electrons. The lowest BCUT2D eigenvalue weighted by molar-refractivity contribution is 0.0162. The highest BCUT2D eigenvalue weighted by atomic mass is 19.2. The number of benzene rings is 2. The summed E-state index contributed by atoms with van der Waals surface area (Å²) in [5.41, 5.74) is 1.12. The van der Waals surface area contributed by atoms with E-state index < -0.39 is 17.5 Å². The third-order valence-electron chi connectivity index (χ3n) is 4.62. The number of carbonyl (C=O) groups excluding carboxylic acids is 1. The number of rotatable bonds is 6. The van der Waals surface area contributed by atoms with Crippen LogP contribution in [-0.2, 0) is 4.74 Å². The Balaban J connectivity index is 1.73. The van der Waals surface area contributed by atoms with Gasteiger partial charge >= 0.3 is 0 Å². The number of nitrogens with one attached hydrogen (secondary N) is 1. The third-order valence-corrected chi connectivity index (χ3v) is 4.62. The number of hydrogen-bond donors (Lipinski definition) is 1. The lowest BCUT2D eigenvalue weighted by Crippen LogP contribution is -2.43. The Morgan fingerprint density at radius 2 is 1.85 bits per heavy atom. The molecule has 3 rings (SSSR count). The van der Waals surface area contributed by atoms with Crippen molar-refractivity contribution < 1.29 is 23.0 Å². The van der Waals surface area contributed by atoms with Gasteiger partial charge in [0, 0.05) is 25.2 Å². The van der Waals surface area contributed by atoms with Gasteiger partial charge in [-0.1, -0.05) is 12.1 Å². The summed E-state index contributed by atoms with van der Waals surface area (Å²) in [6, 6.07) is 10.7. The summed E-state index contributed by atoms with van der Waals surface area (Å²) in [4.78, 5) is 14.6. The van der Waals surface area contributed by atoms with E-state index in [1.807, 2.05) is 24.3 Å². The van der Waals surface area contributed by atoms with Crippen molar-refractivity contribution >= 4 is 5.91 Å². The molecule has 0 saturated carbocycles. The van der Waals surface area contributed by atoms with Gasteiger partial charge in [0.15, 0.2) is 11.6 Å². The molecule has 144 valence electrons. The lowest BCUT2D eigenvalue weighted by atomic mass is 10.0. The maximum Gasteiger partial charge on any atom is 0.251 e. The van der Waals surface area contributed by atoms with Crippen molar-refractivity contribution in [2.45, 2.75) is 6.04 Å². The quantitative estimate of drug-likeness (QED) is 0.842. The van der Waals surface area contributed by atoms with Crippen LogP contribution < -0.4 is 10.1 Å². The summed E-state index contributed by atoms with van der Waals surface area (Å²) in [7, 11) is 1.61. The molecule has 1 aliphatic heterocycles. The average Bonchev–Trinajstić information content (AvgIpc) is 2.71. The molecule has 2 aromatic rings. The van der Waals surface area contributed by atoms with E-state index in [0.29, 0.717) is 19.8 Å². The van der Waals surface area contributed by atoms with Crippen LogP contribution in [0.2, 0.25) is 0 Å². The van der Waals surface area contributed by atoms with Crippen LogP contribution in [0.1, 0.15) is 22.0 Å². The summed E-state index contributed by atoms with van der Waals surface area (Å²) in [6.45, 7) is 3.09. The summed E-state index contributed by atoms with van der Waals surface area (Å²) in [5.74, 6) is -1.70. The standard InChI is InChI=1S/C20H22F2N2O3/c1-26-16-5-2-14(3-6-16)19(24-8-10-27-11-9-24)13-23-20(25)15-4-7-17(21)18(22)12-15/h2-7,12,19H,8-11,13H2,1H3,(H,23,25)/t19-/m1/s1. The molecule has 1 heterocycles. The maximum absolute atomic E-state index is 13.4. The van der Waals surface area contributed by atoms with Gasteiger partial charge in [-0.2, -0.15) is 0 Å². The molecule has 1 N–H and O–H groups in total. The molecule has 1 fully saturated rings. The number of ether oxygens (including phenoxy) is 2. The summed E-state index contributed by atoms with van der Waals surface area (Å²) in [5, 5.41) is 2.83. The predicted molar refractivity (Wildman–Crippen MR) is 96.8 cm³/mol. The molecule has 27 heavy (non-hydrogen) atoms. The van der Waals surface area contributed by atoms with Crippen LogP contribution in [0.25, 0.3) is 0 Å². The van der Waals surface area contributed by atoms with Gasteiger partial charge in [0.05, 0.1) is 26.4 Å². The van der Waals surface area contributed by atoms with Crippen LogP contribution in [0.15, 0.2) is 42.5 Å². The Labute approximate surface area is 156 Å². The van der Waals surface area contributed by atoms with Gasteiger partial charge in [0.25, 0.3) is 5.91 Å². The first-order valence-corrected chi connectivity index (χ1v) is 8.77. The number of nitrogens with zero attached hydrogens (tertiary/aromatic N) is 1. The normalized spacial score (nSPS) is 16.0. The Kier molecular flexibility index (Phi) is 6.36. The molecule has 1 amide bonds. The molecular weight excluding hydrogens is 354 g/mol. The van der Waals surface area contributed by atoms with Crippen molar-refractivity contribution in [2.24, 2.45) is 0 Å². The molecular formula is C20H22F2N2O3. The van der Waals surface area contributed by atoms with Crippen LogP contribution in [0.4, 0.5) is 8.78 Å². The highest BCUT2D eigenvalue weighted by molar-refractivity contribution is 5.94. The van der Waals surface area contributed by atoms with Crippen molar-refractivity contribution in [1.29, 1.82) is 0 Å². The minimum Gasteiger partial charge on any atom is -0.497 e. The van der Waals surface area contributed by atoms with Gasteiger partial charge in [-0.05, 0) is 35.9 Å². The maximum atomic E-state index is 13.4. The number of hydrogen-bond acceptors (Lipinski definition) is 4. The van der Waals surface area contributed by atoms with Crippen molar-refractivity contribution in [2.75, 3.05) is 40.0 Å². The minimum atomic E-state index is -1.04. The van der Waals surface area contributed by atoms with Crippen LogP contribution in [0.5, 0.6) is 5.75 Å². The smallest absolute Gasteiger partial charge is 0.251 e. The van der Waals surface area contributed by atoms with Crippen molar-refractivity contribution in [3.05, 3.63) is 65.2 Å². The Morgan fingerprint density at radius 3 is 2.48 bits per heavy atom. The van der Waals surface area contributed by atoms with E-state index in [9.17, 15) is 13.6 Å². The van der Waals surface area contributed by atoms with Crippen molar-refractivity contribution in [3.8, 4) is 5.75 Å². The van der Waals surface area contributed by atoms with E-state index >= 15 is 0 Å². The molecule has 0 unspecified atom stereocenters. The van der Waals surface area contributed by atoms with Gasteiger partial charge < -0.3 is 14.8 Å². The first-order valence-electron chi connectivity index (χ1n) is 8.77. The fourth-order valence-corrected chi connectivity index (χ4v) is 3.10. The first-order chi connectivity index (χ1) is 13.1. The average molecular weight is 376 g/mol. The van der Waals surface area contributed by atoms with Crippen LogP contribution in [0.3, 0.4) is 0 Å². The molecule has 0 bridgehead atoms. The zero-order valence-electron chi connectivity index (χ0n) is 15.1. The molecule has 5 nitrogen and oxygen atoms in total.